The molecule has 0 atom stereocenters. The number of nitro groups is 1. The first-order valence-corrected chi connectivity index (χ1v) is 6.38. The van der Waals surface area contributed by atoms with Gasteiger partial charge in [-0.1, -0.05) is 6.92 Å². The highest BCUT2D eigenvalue weighted by atomic mass is 16.6. The van der Waals surface area contributed by atoms with E-state index in [2.05, 4.69) is 5.10 Å². The van der Waals surface area contributed by atoms with Crippen LogP contribution in [0.1, 0.15) is 23.9 Å². The minimum Gasteiger partial charge on any atom is -0.480 e. The maximum Gasteiger partial charge on any atom is 0.312 e. The number of aromatic nitrogens is 2. The van der Waals surface area contributed by atoms with Gasteiger partial charge in [-0.3, -0.25) is 14.8 Å². The van der Waals surface area contributed by atoms with E-state index in [1.54, 1.807) is 11.7 Å². The Balaban J connectivity index is 2.21. The predicted molar refractivity (Wildman–Crippen MR) is 74.7 cm³/mol. The van der Waals surface area contributed by atoms with Crippen LogP contribution >= 0.6 is 0 Å². The summed E-state index contributed by atoms with van der Waals surface area (Å²) in [6, 6.07) is 7.90. The fraction of sp³-hybridized carbons (Fsp3) is 0.286. The first-order valence-electron chi connectivity index (χ1n) is 6.38. The monoisotopic (exact) mass is 286 g/mol. The van der Waals surface area contributed by atoms with Gasteiger partial charge in [-0.25, -0.2) is 0 Å². The molecule has 0 aliphatic carbocycles. The lowest BCUT2D eigenvalue weighted by atomic mass is 10.2. The van der Waals surface area contributed by atoms with Crippen LogP contribution in [0.2, 0.25) is 0 Å². The van der Waals surface area contributed by atoms with E-state index in [1.807, 2.05) is 19.1 Å². The molecule has 7 nitrogen and oxygen atoms in total. The third-order valence-corrected chi connectivity index (χ3v) is 3.05. The minimum atomic E-state index is -0.559. The fourth-order valence-corrected chi connectivity index (χ4v) is 1.88. The average Bonchev–Trinajstić information content (AvgIpc) is 2.85. The fourth-order valence-electron chi connectivity index (χ4n) is 1.88. The quantitative estimate of drug-likeness (QED) is 0.621. The molecule has 2 rings (SSSR count). The molecule has 0 N–H and O–H groups in total. The number of aryl methyl sites for hydroxylation is 2. The second-order valence-electron chi connectivity index (χ2n) is 4.44. The lowest BCUT2D eigenvalue weighted by Gasteiger charge is -2.07. The van der Waals surface area contributed by atoms with Crippen molar-refractivity contribution in [1.29, 1.82) is 5.26 Å². The number of ether oxygens (including phenoxy) is 1. The lowest BCUT2D eigenvalue weighted by molar-refractivity contribution is -0.386. The zero-order valence-corrected chi connectivity index (χ0v) is 11.7. The molecule has 1 aromatic heterocycles. The van der Waals surface area contributed by atoms with Crippen LogP contribution in [0.15, 0.2) is 24.3 Å². The van der Waals surface area contributed by atoms with Gasteiger partial charge in [0.2, 0.25) is 0 Å². The zero-order chi connectivity index (χ0) is 15.4. The van der Waals surface area contributed by atoms with Gasteiger partial charge in [0.05, 0.1) is 27.9 Å². The maximum absolute atomic E-state index is 11.0. The number of nitrogens with zero attached hydrogens (tertiary/aromatic N) is 4. The van der Waals surface area contributed by atoms with E-state index in [9.17, 15) is 10.1 Å². The number of hydrogen-bond acceptors (Lipinski definition) is 5. The van der Waals surface area contributed by atoms with Crippen molar-refractivity contribution in [1.82, 2.24) is 9.78 Å². The molecule has 0 fully saturated rings. The molecule has 21 heavy (non-hydrogen) atoms. The summed E-state index contributed by atoms with van der Waals surface area (Å²) in [7, 11) is 1.80. The molecule has 7 heteroatoms. The molecule has 1 aromatic carbocycles. The molecule has 0 saturated heterocycles. The van der Waals surface area contributed by atoms with E-state index in [0.717, 1.165) is 17.8 Å². The third kappa shape index (κ3) is 3.17. The van der Waals surface area contributed by atoms with Crippen LogP contribution in [0.5, 0.6) is 5.75 Å². The van der Waals surface area contributed by atoms with Crippen LogP contribution in [0.3, 0.4) is 0 Å². The summed E-state index contributed by atoms with van der Waals surface area (Å²) in [6.45, 7) is 2.18. The van der Waals surface area contributed by atoms with Crippen LogP contribution in [-0.2, 0) is 20.1 Å². The number of nitro benzene ring substituents is 1. The summed E-state index contributed by atoms with van der Waals surface area (Å²) in [5.41, 5.74) is 1.77. The summed E-state index contributed by atoms with van der Waals surface area (Å²) in [5, 5.41) is 24.1. The first-order chi connectivity index (χ1) is 10.0. The van der Waals surface area contributed by atoms with Crippen LogP contribution < -0.4 is 4.74 Å². The molecule has 0 radical (unpaired) electrons. The van der Waals surface area contributed by atoms with E-state index in [-0.39, 0.29) is 23.6 Å². The van der Waals surface area contributed by atoms with Crippen LogP contribution in [0.4, 0.5) is 5.69 Å². The van der Waals surface area contributed by atoms with Crippen molar-refractivity contribution < 1.29 is 9.66 Å². The maximum atomic E-state index is 11.0. The molecule has 0 aliphatic rings. The van der Waals surface area contributed by atoms with E-state index in [4.69, 9.17) is 10.00 Å². The Morgan fingerprint density at radius 2 is 2.24 bits per heavy atom. The van der Waals surface area contributed by atoms with Crippen molar-refractivity contribution in [2.75, 3.05) is 0 Å². The molecule has 0 bridgehead atoms. The molecule has 0 spiro atoms. The SMILES string of the molecule is CCc1cc(COc2ccc(C#N)cc2[N+](=O)[O-])n(C)n1. The van der Waals surface area contributed by atoms with Crippen molar-refractivity contribution in [3.05, 3.63) is 51.3 Å². The molecule has 1 heterocycles. The first kappa shape index (κ1) is 14.5. The second kappa shape index (κ2) is 6.05. The van der Waals surface area contributed by atoms with Gasteiger partial charge in [-0.2, -0.15) is 10.4 Å². The molecule has 2 aromatic rings. The van der Waals surface area contributed by atoms with E-state index in [1.165, 1.54) is 18.2 Å². The third-order valence-electron chi connectivity index (χ3n) is 3.05. The Hall–Kier alpha value is -2.88. The van der Waals surface area contributed by atoms with Gasteiger partial charge in [-0.15, -0.1) is 0 Å². The molecule has 0 amide bonds. The van der Waals surface area contributed by atoms with E-state index >= 15 is 0 Å². The standard InChI is InChI=1S/C14H14N4O3/c1-3-11-7-12(17(2)16-11)9-21-14-5-4-10(8-15)6-13(14)18(19)20/h4-7H,3,9H2,1-2H3. The van der Waals surface area contributed by atoms with Gasteiger partial charge < -0.3 is 4.74 Å². The van der Waals surface area contributed by atoms with Gasteiger partial charge in [0.1, 0.15) is 6.61 Å². The molecular formula is C14H14N4O3. The predicted octanol–water partition coefficient (Wildman–Crippen LogP) is 2.34. The highest BCUT2D eigenvalue weighted by Gasteiger charge is 2.17. The van der Waals surface area contributed by atoms with Gasteiger partial charge in [0.15, 0.2) is 5.75 Å². The van der Waals surface area contributed by atoms with Crippen LogP contribution in [0.25, 0.3) is 0 Å². The van der Waals surface area contributed by atoms with Crippen molar-refractivity contribution in [3.63, 3.8) is 0 Å². The number of hydrogen-bond donors (Lipinski definition) is 0. The van der Waals surface area contributed by atoms with Gasteiger partial charge >= 0.3 is 5.69 Å². The average molecular weight is 286 g/mol. The minimum absolute atomic E-state index is 0.137. The second-order valence-corrected chi connectivity index (χ2v) is 4.44. The largest absolute Gasteiger partial charge is 0.480 e. The summed E-state index contributed by atoms with van der Waals surface area (Å²) in [4.78, 5) is 10.5. The molecule has 0 saturated carbocycles. The van der Waals surface area contributed by atoms with Crippen molar-refractivity contribution >= 4 is 5.69 Å². The van der Waals surface area contributed by atoms with Crippen molar-refractivity contribution in [3.8, 4) is 11.8 Å². The zero-order valence-electron chi connectivity index (χ0n) is 11.7. The summed E-state index contributed by atoms with van der Waals surface area (Å²) >= 11 is 0. The molecule has 0 aliphatic heterocycles. The summed E-state index contributed by atoms with van der Waals surface area (Å²) in [6.07, 6.45) is 0.810. The van der Waals surface area contributed by atoms with E-state index in [0.29, 0.717) is 0 Å². The van der Waals surface area contributed by atoms with Gasteiger partial charge in [-0.05, 0) is 24.6 Å². The van der Waals surface area contributed by atoms with Crippen LogP contribution in [0, 0.1) is 21.4 Å². The Labute approximate surface area is 121 Å². The Kier molecular flexibility index (Phi) is 4.18. The van der Waals surface area contributed by atoms with Crippen molar-refractivity contribution in [2.45, 2.75) is 20.0 Å². The van der Waals surface area contributed by atoms with Gasteiger partial charge in [0, 0.05) is 13.1 Å². The Morgan fingerprint density at radius 3 is 2.81 bits per heavy atom. The van der Waals surface area contributed by atoms with Gasteiger partial charge in [0.25, 0.3) is 0 Å². The lowest BCUT2D eigenvalue weighted by Crippen LogP contribution is -2.04. The Morgan fingerprint density at radius 1 is 1.48 bits per heavy atom. The summed E-state index contributed by atoms with van der Waals surface area (Å²) in [5.74, 6) is 0.137. The molecular weight excluding hydrogens is 272 g/mol. The smallest absolute Gasteiger partial charge is 0.312 e. The topological polar surface area (TPSA) is 94.0 Å². The number of nitriles is 1. The molecule has 108 valence electrons. The van der Waals surface area contributed by atoms with E-state index < -0.39 is 4.92 Å². The highest BCUT2D eigenvalue weighted by molar-refractivity contribution is 5.51. The van der Waals surface area contributed by atoms with Crippen molar-refractivity contribution in [2.24, 2.45) is 7.05 Å². The summed E-state index contributed by atoms with van der Waals surface area (Å²) < 4.78 is 7.20. The number of benzene rings is 1. The molecule has 0 unspecified atom stereocenters. The highest BCUT2D eigenvalue weighted by Crippen LogP contribution is 2.28. The Bertz CT molecular complexity index is 715. The van der Waals surface area contributed by atoms with Crippen LogP contribution in [-0.4, -0.2) is 14.7 Å². The number of rotatable bonds is 5. The normalized spacial score (nSPS) is 10.1.